The first-order chi connectivity index (χ1) is 9.33. The molecule has 3 heteroatoms. The van der Waals surface area contributed by atoms with Gasteiger partial charge in [-0.1, -0.05) is 13.8 Å². The van der Waals surface area contributed by atoms with Gasteiger partial charge in [0, 0.05) is 30.4 Å². The Kier molecular flexibility index (Phi) is 6.00. The number of anilines is 1. The Balaban J connectivity index is 3.15. The third-order valence-corrected chi connectivity index (χ3v) is 4.27. The standard InChI is InChI=1S/C17H31N3/c1-8-10-18-12-15-13(3)11-14(4)19-16(15)20(7)17(5,6)9-2/h11,18H,8-10,12H2,1-7H3. The third-order valence-electron chi connectivity index (χ3n) is 4.27. The lowest BCUT2D eigenvalue weighted by Crippen LogP contribution is -2.42. The number of aromatic nitrogens is 1. The van der Waals surface area contributed by atoms with Gasteiger partial charge in [0.1, 0.15) is 5.82 Å². The zero-order valence-corrected chi connectivity index (χ0v) is 14.3. The molecule has 0 atom stereocenters. The minimum atomic E-state index is 0.118. The van der Waals surface area contributed by atoms with Crippen LogP contribution in [0.25, 0.3) is 0 Å². The lowest BCUT2D eigenvalue weighted by atomic mass is 9.98. The predicted molar refractivity (Wildman–Crippen MR) is 88.5 cm³/mol. The van der Waals surface area contributed by atoms with Gasteiger partial charge in [-0.3, -0.25) is 0 Å². The topological polar surface area (TPSA) is 28.2 Å². The van der Waals surface area contributed by atoms with E-state index in [1.807, 2.05) is 0 Å². The van der Waals surface area contributed by atoms with E-state index in [0.717, 1.165) is 37.4 Å². The second-order valence-electron chi connectivity index (χ2n) is 6.28. The van der Waals surface area contributed by atoms with E-state index < -0.39 is 0 Å². The molecule has 1 aromatic rings. The molecule has 3 nitrogen and oxygen atoms in total. The molecule has 20 heavy (non-hydrogen) atoms. The first-order valence-corrected chi connectivity index (χ1v) is 7.75. The lowest BCUT2D eigenvalue weighted by molar-refractivity contribution is 0.465. The molecule has 0 fully saturated rings. The van der Waals surface area contributed by atoms with Crippen LogP contribution in [0.2, 0.25) is 0 Å². The van der Waals surface area contributed by atoms with E-state index in [9.17, 15) is 0 Å². The lowest BCUT2D eigenvalue weighted by Gasteiger charge is -2.37. The van der Waals surface area contributed by atoms with Gasteiger partial charge in [-0.15, -0.1) is 0 Å². The Bertz CT molecular complexity index is 438. The van der Waals surface area contributed by atoms with Crippen molar-refractivity contribution in [2.24, 2.45) is 0 Å². The molecule has 0 spiro atoms. The molecule has 1 rings (SSSR count). The SMILES string of the molecule is CCCNCc1c(C)cc(C)nc1N(C)C(C)(C)CC. The maximum atomic E-state index is 4.81. The number of nitrogens with one attached hydrogen (secondary N) is 1. The van der Waals surface area contributed by atoms with Gasteiger partial charge in [0.15, 0.2) is 0 Å². The van der Waals surface area contributed by atoms with Gasteiger partial charge in [-0.05, 0) is 58.7 Å². The fourth-order valence-electron chi connectivity index (χ4n) is 2.25. The van der Waals surface area contributed by atoms with E-state index in [4.69, 9.17) is 4.98 Å². The van der Waals surface area contributed by atoms with Crippen molar-refractivity contribution in [1.82, 2.24) is 10.3 Å². The fraction of sp³-hybridized carbons (Fsp3) is 0.706. The van der Waals surface area contributed by atoms with Gasteiger partial charge < -0.3 is 10.2 Å². The van der Waals surface area contributed by atoms with E-state index in [2.05, 4.69) is 64.9 Å². The Morgan fingerprint density at radius 3 is 2.45 bits per heavy atom. The normalized spacial score (nSPS) is 11.8. The highest BCUT2D eigenvalue weighted by Crippen LogP contribution is 2.28. The molecule has 0 aliphatic heterocycles. The van der Waals surface area contributed by atoms with Crippen molar-refractivity contribution < 1.29 is 0 Å². The first kappa shape index (κ1) is 17.0. The molecule has 1 aromatic heterocycles. The van der Waals surface area contributed by atoms with E-state index >= 15 is 0 Å². The molecule has 114 valence electrons. The van der Waals surface area contributed by atoms with Crippen LogP contribution in [0.5, 0.6) is 0 Å². The van der Waals surface area contributed by atoms with Gasteiger partial charge in [0.25, 0.3) is 0 Å². The zero-order chi connectivity index (χ0) is 15.3. The molecule has 1 N–H and O–H groups in total. The molecular weight excluding hydrogens is 246 g/mol. The van der Waals surface area contributed by atoms with Crippen molar-refractivity contribution >= 4 is 5.82 Å². The van der Waals surface area contributed by atoms with Crippen LogP contribution in [-0.4, -0.2) is 24.1 Å². The molecule has 0 saturated heterocycles. The van der Waals surface area contributed by atoms with Crippen molar-refractivity contribution in [3.05, 3.63) is 22.9 Å². The number of hydrogen-bond donors (Lipinski definition) is 1. The molecule has 0 radical (unpaired) electrons. The number of aryl methyl sites for hydroxylation is 2. The highest BCUT2D eigenvalue weighted by molar-refractivity contribution is 5.52. The molecule has 0 aliphatic rings. The summed E-state index contributed by atoms with van der Waals surface area (Å²) in [6, 6.07) is 2.18. The smallest absolute Gasteiger partial charge is 0.133 e. The van der Waals surface area contributed by atoms with Crippen LogP contribution in [-0.2, 0) is 6.54 Å². The maximum absolute atomic E-state index is 4.81. The molecule has 0 unspecified atom stereocenters. The summed E-state index contributed by atoms with van der Waals surface area (Å²) in [6.45, 7) is 15.2. The van der Waals surface area contributed by atoms with Crippen LogP contribution >= 0.6 is 0 Å². The highest BCUT2D eigenvalue weighted by atomic mass is 15.2. The summed E-state index contributed by atoms with van der Waals surface area (Å²) in [6.07, 6.45) is 2.25. The maximum Gasteiger partial charge on any atom is 0.133 e. The number of hydrogen-bond acceptors (Lipinski definition) is 3. The second-order valence-corrected chi connectivity index (χ2v) is 6.28. The van der Waals surface area contributed by atoms with E-state index in [1.165, 1.54) is 11.1 Å². The number of nitrogens with zero attached hydrogens (tertiary/aromatic N) is 2. The van der Waals surface area contributed by atoms with Crippen LogP contribution in [0.1, 0.15) is 57.4 Å². The van der Waals surface area contributed by atoms with Gasteiger partial charge in [-0.25, -0.2) is 4.98 Å². The zero-order valence-electron chi connectivity index (χ0n) is 14.3. The Hall–Kier alpha value is -1.09. The minimum absolute atomic E-state index is 0.118. The van der Waals surface area contributed by atoms with Crippen molar-refractivity contribution in [3.63, 3.8) is 0 Å². The van der Waals surface area contributed by atoms with E-state index in [-0.39, 0.29) is 5.54 Å². The quantitative estimate of drug-likeness (QED) is 0.768. The van der Waals surface area contributed by atoms with E-state index in [1.54, 1.807) is 0 Å². The molecule has 0 saturated carbocycles. The van der Waals surface area contributed by atoms with Crippen LogP contribution in [0.4, 0.5) is 5.82 Å². The summed E-state index contributed by atoms with van der Waals surface area (Å²) < 4.78 is 0. The summed E-state index contributed by atoms with van der Waals surface area (Å²) in [5.74, 6) is 1.12. The number of rotatable bonds is 7. The molecule has 0 bridgehead atoms. The van der Waals surface area contributed by atoms with Crippen LogP contribution in [0, 0.1) is 13.8 Å². The van der Waals surface area contributed by atoms with Crippen molar-refractivity contribution in [2.75, 3.05) is 18.5 Å². The Morgan fingerprint density at radius 2 is 1.90 bits per heavy atom. The monoisotopic (exact) mass is 277 g/mol. The summed E-state index contributed by atoms with van der Waals surface area (Å²) >= 11 is 0. The van der Waals surface area contributed by atoms with Gasteiger partial charge >= 0.3 is 0 Å². The van der Waals surface area contributed by atoms with E-state index in [0.29, 0.717) is 0 Å². The molecule has 0 aromatic carbocycles. The molecule has 0 aliphatic carbocycles. The van der Waals surface area contributed by atoms with Crippen molar-refractivity contribution in [2.45, 2.75) is 66.5 Å². The summed E-state index contributed by atoms with van der Waals surface area (Å²) in [7, 11) is 2.16. The van der Waals surface area contributed by atoms with Crippen molar-refractivity contribution in [1.29, 1.82) is 0 Å². The molecular formula is C17H31N3. The Labute approximate surface area is 124 Å². The molecule has 1 heterocycles. The summed E-state index contributed by atoms with van der Waals surface area (Å²) in [5, 5.41) is 3.51. The fourth-order valence-corrected chi connectivity index (χ4v) is 2.25. The minimum Gasteiger partial charge on any atom is -0.354 e. The third kappa shape index (κ3) is 3.95. The highest BCUT2D eigenvalue weighted by Gasteiger charge is 2.25. The van der Waals surface area contributed by atoms with Gasteiger partial charge in [0.05, 0.1) is 0 Å². The number of pyridine rings is 1. The van der Waals surface area contributed by atoms with Crippen LogP contribution < -0.4 is 10.2 Å². The largest absolute Gasteiger partial charge is 0.354 e. The van der Waals surface area contributed by atoms with Crippen LogP contribution in [0.15, 0.2) is 6.07 Å². The molecule has 0 amide bonds. The predicted octanol–water partition coefficient (Wildman–Crippen LogP) is 3.82. The summed E-state index contributed by atoms with van der Waals surface area (Å²) in [4.78, 5) is 7.14. The average Bonchev–Trinajstić information content (AvgIpc) is 2.40. The average molecular weight is 277 g/mol. The second kappa shape index (κ2) is 7.07. The van der Waals surface area contributed by atoms with Crippen LogP contribution in [0.3, 0.4) is 0 Å². The van der Waals surface area contributed by atoms with Gasteiger partial charge in [0.2, 0.25) is 0 Å². The summed E-state index contributed by atoms with van der Waals surface area (Å²) in [5.41, 5.74) is 3.87. The first-order valence-electron chi connectivity index (χ1n) is 7.75. The van der Waals surface area contributed by atoms with Crippen molar-refractivity contribution in [3.8, 4) is 0 Å². The van der Waals surface area contributed by atoms with Gasteiger partial charge in [-0.2, -0.15) is 0 Å². The Morgan fingerprint density at radius 1 is 1.25 bits per heavy atom.